The smallest absolute Gasteiger partial charge is 0.410 e. The molecule has 2 atom stereocenters. The van der Waals surface area contributed by atoms with Crippen LogP contribution in [0.1, 0.15) is 44.7 Å². The van der Waals surface area contributed by atoms with Gasteiger partial charge in [0.1, 0.15) is 11.4 Å². The Balaban J connectivity index is 1.97. The van der Waals surface area contributed by atoms with Crippen LogP contribution < -0.4 is 0 Å². The summed E-state index contributed by atoms with van der Waals surface area (Å²) >= 11 is 0. The molecule has 0 aliphatic carbocycles. The Morgan fingerprint density at radius 1 is 1.42 bits per heavy atom. The number of amides is 1. The number of likely N-dealkylation sites (N-methyl/N-ethyl adjacent to an activating group) is 1. The monoisotopic (exact) mass is 332 g/mol. The number of aryl methyl sites for hydroxylation is 1. The zero-order valence-electron chi connectivity index (χ0n) is 15.2. The predicted molar refractivity (Wildman–Crippen MR) is 92.8 cm³/mol. The van der Waals surface area contributed by atoms with Crippen molar-refractivity contribution in [3.05, 3.63) is 35.3 Å². The normalized spacial score (nSPS) is 20.3. The number of benzene rings is 1. The highest BCUT2D eigenvalue weighted by Gasteiger charge is 2.35. The van der Waals surface area contributed by atoms with Gasteiger partial charge in [0.05, 0.1) is 11.6 Å². The van der Waals surface area contributed by atoms with E-state index in [1.54, 1.807) is 18.0 Å². The summed E-state index contributed by atoms with van der Waals surface area (Å²) in [5, 5.41) is 0.954. The minimum absolute atomic E-state index is 0.0301. The first-order valence-electron chi connectivity index (χ1n) is 8.34. The van der Waals surface area contributed by atoms with E-state index in [2.05, 4.69) is 4.57 Å². The molecule has 1 amide bonds. The fourth-order valence-corrected chi connectivity index (χ4v) is 3.53. The minimum Gasteiger partial charge on any atom is -0.444 e. The number of hydrogen-bond acceptors (Lipinski definition) is 2. The van der Waals surface area contributed by atoms with Crippen molar-refractivity contribution in [1.29, 1.82) is 0 Å². The Morgan fingerprint density at radius 2 is 2.08 bits per heavy atom. The van der Waals surface area contributed by atoms with Gasteiger partial charge in [-0.25, -0.2) is 9.18 Å². The van der Waals surface area contributed by atoms with Gasteiger partial charge >= 0.3 is 6.09 Å². The Bertz CT molecular complexity index is 804. The highest BCUT2D eigenvalue weighted by molar-refractivity contribution is 5.88. The van der Waals surface area contributed by atoms with Gasteiger partial charge in [0, 0.05) is 31.1 Å². The maximum absolute atomic E-state index is 14.3. The molecule has 1 aliphatic rings. The largest absolute Gasteiger partial charge is 0.444 e. The molecule has 0 fully saturated rings. The Kier molecular flexibility index (Phi) is 3.85. The van der Waals surface area contributed by atoms with Crippen LogP contribution in [-0.4, -0.2) is 34.3 Å². The SMILES string of the molecule is Cc1c(F)cc2c3c1ccn3C[C@@H](N(C)C(=O)OC(C)(C)C)[C@@H]2C. The van der Waals surface area contributed by atoms with Crippen LogP contribution in [0.5, 0.6) is 0 Å². The van der Waals surface area contributed by atoms with Gasteiger partial charge in [-0.15, -0.1) is 0 Å². The van der Waals surface area contributed by atoms with E-state index in [-0.39, 0.29) is 23.9 Å². The van der Waals surface area contributed by atoms with Crippen molar-refractivity contribution in [2.24, 2.45) is 0 Å². The molecule has 2 aromatic rings. The topological polar surface area (TPSA) is 34.5 Å². The molecule has 2 heterocycles. The molecule has 130 valence electrons. The number of halogens is 1. The van der Waals surface area contributed by atoms with E-state index in [4.69, 9.17) is 4.74 Å². The zero-order chi connectivity index (χ0) is 17.8. The molecule has 5 heteroatoms. The van der Waals surface area contributed by atoms with Crippen LogP contribution in [0.3, 0.4) is 0 Å². The molecule has 24 heavy (non-hydrogen) atoms. The van der Waals surface area contributed by atoms with E-state index in [9.17, 15) is 9.18 Å². The second-order valence-corrected chi connectivity index (χ2v) is 7.75. The molecular formula is C19H25FN2O2. The van der Waals surface area contributed by atoms with Crippen LogP contribution in [0.4, 0.5) is 9.18 Å². The standard InChI is InChI=1S/C19H25FN2O2/c1-11-13-7-8-22-10-16(21(6)18(23)24-19(3,4)5)12(2)14(17(13)22)9-15(11)20/h7-9,12,16H,10H2,1-6H3/t12-,16-/m1/s1. The molecule has 4 nitrogen and oxygen atoms in total. The first-order valence-corrected chi connectivity index (χ1v) is 8.34. The van der Waals surface area contributed by atoms with Crippen molar-refractivity contribution >= 4 is 17.0 Å². The number of aromatic nitrogens is 1. The van der Waals surface area contributed by atoms with Crippen molar-refractivity contribution in [2.45, 2.75) is 58.7 Å². The average Bonchev–Trinajstić information content (AvgIpc) is 2.89. The van der Waals surface area contributed by atoms with E-state index < -0.39 is 5.60 Å². The zero-order valence-corrected chi connectivity index (χ0v) is 15.2. The fraction of sp³-hybridized carbons (Fsp3) is 0.526. The number of nitrogens with zero attached hydrogens (tertiary/aromatic N) is 2. The van der Waals surface area contributed by atoms with Gasteiger partial charge in [0.15, 0.2) is 0 Å². The number of carbonyl (C=O) groups excluding carboxylic acids is 1. The number of rotatable bonds is 1. The van der Waals surface area contributed by atoms with Crippen LogP contribution in [0, 0.1) is 12.7 Å². The first kappa shape index (κ1) is 16.8. The van der Waals surface area contributed by atoms with E-state index >= 15 is 0 Å². The summed E-state index contributed by atoms with van der Waals surface area (Å²) < 4.78 is 21.9. The van der Waals surface area contributed by atoms with Gasteiger partial charge in [0.2, 0.25) is 0 Å². The molecular weight excluding hydrogens is 307 g/mol. The Morgan fingerprint density at radius 3 is 2.71 bits per heavy atom. The lowest BCUT2D eigenvalue weighted by Gasteiger charge is -2.38. The van der Waals surface area contributed by atoms with Crippen molar-refractivity contribution in [2.75, 3.05) is 7.05 Å². The van der Waals surface area contributed by atoms with Crippen molar-refractivity contribution in [3.63, 3.8) is 0 Å². The molecule has 0 unspecified atom stereocenters. The van der Waals surface area contributed by atoms with Crippen LogP contribution in [-0.2, 0) is 11.3 Å². The van der Waals surface area contributed by atoms with Crippen molar-refractivity contribution in [3.8, 4) is 0 Å². The maximum atomic E-state index is 14.3. The molecule has 0 saturated heterocycles. The van der Waals surface area contributed by atoms with Crippen molar-refractivity contribution < 1.29 is 13.9 Å². The van der Waals surface area contributed by atoms with Crippen LogP contribution in [0.25, 0.3) is 10.9 Å². The summed E-state index contributed by atoms with van der Waals surface area (Å²) in [4.78, 5) is 14.1. The van der Waals surface area contributed by atoms with Crippen LogP contribution in [0.15, 0.2) is 18.3 Å². The van der Waals surface area contributed by atoms with E-state index in [0.717, 1.165) is 16.5 Å². The van der Waals surface area contributed by atoms with Crippen molar-refractivity contribution in [1.82, 2.24) is 9.47 Å². The lowest BCUT2D eigenvalue weighted by Crippen LogP contribution is -2.46. The molecule has 0 spiro atoms. The van der Waals surface area contributed by atoms with E-state index in [1.165, 1.54) is 0 Å². The van der Waals surface area contributed by atoms with Gasteiger partial charge in [-0.2, -0.15) is 0 Å². The molecule has 0 N–H and O–H groups in total. The second-order valence-electron chi connectivity index (χ2n) is 7.75. The highest BCUT2D eigenvalue weighted by Crippen LogP contribution is 2.38. The fourth-order valence-electron chi connectivity index (χ4n) is 3.53. The van der Waals surface area contributed by atoms with Gasteiger partial charge in [-0.3, -0.25) is 0 Å². The van der Waals surface area contributed by atoms with Gasteiger partial charge < -0.3 is 14.2 Å². The highest BCUT2D eigenvalue weighted by atomic mass is 19.1. The molecule has 0 radical (unpaired) electrons. The summed E-state index contributed by atoms with van der Waals surface area (Å²) in [5.74, 6) is -0.162. The van der Waals surface area contributed by atoms with E-state index in [1.807, 2.05) is 46.9 Å². The van der Waals surface area contributed by atoms with Crippen LogP contribution >= 0.6 is 0 Å². The van der Waals surface area contributed by atoms with Gasteiger partial charge in [0.25, 0.3) is 0 Å². The lowest BCUT2D eigenvalue weighted by molar-refractivity contribution is 0.0181. The maximum Gasteiger partial charge on any atom is 0.410 e. The average molecular weight is 332 g/mol. The third-order valence-corrected chi connectivity index (χ3v) is 4.91. The quantitative estimate of drug-likeness (QED) is 0.773. The summed E-state index contributed by atoms with van der Waals surface area (Å²) in [6.45, 7) is 10.1. The number of carbonyl (C=O) groups is 1. The van der Waals surface area contributed by atoms with Gasteiger partial charge in [-0.05, 0) is 51.0 Å². The molecule has 1 aromatic carbocycles. The summed E-state index contributed by atoms with van der Waals surface area (Å²) in [6, 6.07) is 3.50. The second kappa shape index (κ2) is 5.50. The lowest BCUT2D eigenvalue weighted by atomic mass is 9.87. The third-order valence-electron chi connectivity index (χ3n) is 4.91. The molecule has 1 aliphatic heterocycles. The molecule has 0 bridgehead atoms. The number of hydrogen-bond donors (Lipinski definition) is 0. The summed E-state index contributed by atoms with van der Waals surface area (Å²) in [7, 11) is 1.76. The molecule has 0 saturated carbocycles. The Hall–Kier alpha value is -2.04. The first-order chi connectivity index (χ1) is 11.1. The molecule has 3 rings (SSSR count). The van der Waals surface area contributed by atoms with Crippen LogP contribution in [0.2, 0.25) is 0 Å². The summed E-state index contributed by atoms with van der Waals surface area (Å²) in [6.07, 6.45) is 1.63. The minimum atomic E-state index is -0.537. The van der Waals surface area contributed by atoms with Gasteiger partial charge in [-0.1, -0.05) is 6.92 Å². The number of ether oxygens (including phenoxy) is 1. The third kappa shape index (κ3) is 2.66. The summed E-state index contributed by atoms with van der Waals surface area (Å²) in [5.41, 5.74) is 2.17. The predicted octanol–water partition coefficient (Wildman–Crippen LogP) is 4.44. The molecule has 1 aromatic heterocycles. The Labute approximate surface area is 142 Å². The van der Waals surface area contributed by atoms with E-state index in [0.29, 0.717) is 12.1 Å².